The van der Waals surface area contributed by atoms with E-state index in [1.165, 1.54) is 17.4 Å². The third-order valence-electron chi connectivity index (χ3n) is 3.51. The molecule has 0 aliphatic heterocycles. The predicted molar refractivity (Wildman–Crippen MR) is 81.5 cm³/mol. The number of furan rings is 1. The summed E-state index contributed by atoms with van der Waals surface area (Å²) < 4.78 is 6.01. The summed E-state index contributed by atoms with van der Waals surface area (Å²) in [5.41, 5.74) is 2.41. The normalized spacial score (nSPS) is 13.0. The van der Waals surface area contributed by atoms with Crippen molar-refractivity contribution in [1.29, 1.82) is 0 Å². The Morgan fingerprint density at radius 1 is 1.11 bits per heavy atom. The van der Waals surface area contributed by atoms with Crippen molar-refractivity contribution in [2.24, 2.45) is 0 Å². The summed E-state index contributed by atoms with van der Waals surface area (Å²) in [5, 5.41) is 4.74. The quantitative estimate of drug-likeness (QED) is 0.770. The van der Waals surface area contributed by atoms with Crippen LogP contribution in [0.5, 0.6) is 0 Å². The highest BCUT2D eigenvalue weighted by molar-refractivity contribution is 5.78. The number of rotatable bonds is 7. The summed E-state index contributed by atoms with van der Waals surface area (Å²) in [7, 11) is 0. The third-order valence-corrected chi connectivity index (χ3v) is 3.51. The zero-order valence-electron chi connectivity index (χ0n) is 12.3. The molecular weight excluding hydrogens is 234 g/mol. The molecule has 104 valence electrons. The van der Waals surface area contributed by atoms with Gasteiger partial charge < -0.3 is 9.73 Å². The van der Waals surface area contributed by atoms with Gasteiger partial charge in [-0.1, -0.05) is 39.7 Å². The Kier molecular flexibility index (Phi) is 5.03. The zero-order chi connectivity index (χ0) is 13.7. The molecule has 0 spiro atoms. The predicted octanol–water partition coefficient (Wildman–Crippen LogP) is 4.84. The van der Waals surface area contributed by atoms with Crippen LogP contribution in [0.3, 0.4) is 0 Å². The molecule has 0 radical (unpaired) electrons. The van der Waals surface area contributed by atoms with Gasteiger partial charge in [0.25, 0.3) is 0 Å². The molecule has 0 aliphatic rings. The second-order valence-electron chi connectivity index (χ2n) is 5.17. The van der Waals surface area contributed by atoms with E-state index >= 15 is 0 Å². The van der Waals surface area contributed by atoms with Crippen LogP contribution in [0.25, 0.3) is 11.0 Å². The largest absolute Gasteiger partial charge is 0.459 e. The maximum Gasteiger partial charge on any atom is 0.134 e. The lowest BCUT2D eigenvalue weighted by Gasteiger charge is -2.13. The van der Waals surface area contributed by atoms with E-state index in [1.54, 1.807) is 0 Å². The van der Waals surface area contributed by atoms with Crippen LogP contribution in [0.2, 0.25) is 0 Å². The van der Waals surface area contributed by atoms with Crippen LogP contribution in [0.1, 0.15) is 57.4 Å². The van der Waals surface area contributed by atoms with Crippen molar-refractivity contribution in [1.82, 2.24) is 5.32 Å². The van der Waals surface area contributed by atoms with Gasteiger partial charge in [0.2, 0.25) is 0 Å². The summed E-state index contributed by atoms with van der Waals surface area (Å²) in [4.78, 5) is 0. The number of hydrogen-bond donors (Lipinski definition) is 1. The average molecular weight is 259 g/mol. The second-order valence-corrected chi connectivity index (χ2v) is 5.17. The topological polar surface area (TPSA) is 25.2 Å². The van der Waals surface area contributed by atoms with Gasteiger partial charge in [-0.15, -0.1) is 0 Å². The maximum absolute atomic E-state index is 6.01. The van der Waals surface area contributed by atoms with E-state index in [9.17, 15) is 0 Å². The van der Waals surface area contributed by atoms with Crippen LogP contribution in [0.15, 0.2) is 28.7 Å². The van der Waals surface area contributed by atoms with E-state index in [1.807, 2.05) is 0 Å². The third kappa shape index (κ3) is 3.38. The average Bonchev–Trinajstić information content (AvgIpc) is 2.82. The van der Waals surface area contributed by atoms with Gasteiger partial charge in [-0.25, -0.2) is 0 Å². The highest BCUT2D eigenvalue weighted by Gasteiger charge is 2.14. The lowest BCUT2D eigenvalue weighted by Crippen LogP contribution is -2.20. The molecule has 2 rings (SSSR count). The first-order chi connectivity index (χ1) is 9.28. The van der Waals surface area contributed by atoms with Crippen LogP contribution in [-0.2, 0) is 6.42 Å². The van der Waals surface area contributed by atoms with Crippen molar-refractivity contribution in [3.05, 3.63) is 35.6 Å². The summed E-state index contributed by atoms with van der Waals surface area (Å²) in [6, 6.07) is 9.11. The van der Waals surface area contributed by atoms with Crippen molar-refractivity contribution >= 4 is 11.0 Å². The zero-order valence-corrected chi connectivity index (χ0v) is 12.3. The standard InChI is InChI=1S/C17H25NO/c1-4-7-13-9-10-16-14(11-13)12-17(19-16)15(8-5-2)18-6-3/h9-12,15,18H,4-8H2,1-3H3. The number of fused-ring (bicyclic) bond motifs is 1. The minimum Gasteiger partial charge on any atom is -0.459 e. The summed E-state index contributed by atoms with van der Waals surface area (Å²) in [6.45, 7) is 7.55. The molecule has 1 N–H and O–H groups in total. The molecule has 1 aromatic carbocycles. The summed E-state index contributed by atoms with van der Waals surface area (Å²) in [5.74, 6) is 1.08. The minimum atomic E-state index is 0.344. The molecule has 19 heavy (non-hydrogen) atoms. The van der Waals surface area contributed by atoms with E-state index in [0.29, 0.717) is 6.04 Å². The van der Waals surface area contributed by atoms with Crippen LogP contribution >= 0.6 is 0 Å². The molecule has 2 aromatic rings. The van der Waals surface area contributed by atoms with E-state index in [4.69, 9.17) is 4.42 Å². The number of benzene rings is 1. The lowest BCUT2D eigenvalue weighted by atomic mass is 10.1. The van der Waals surface area contributed by atoms with Gasteiger partial charge >= 0.3 is 0 Å². The summed E-state index contributed by atoms with van der Waals surface area (Å²) >= 11 is 0. The van der Waals surface area contributed by atoms with Crippen LogP contribution < -0.4 is 5.32 Å². The van der Waals surface area contributed by atoms with E-state index < -0.39 is 0 Å². The van der Waals surface area contributed by atoms with Gasteiger partial charge in [-0.2, -0.15) is 0 Å². The maximum atomic E-state index is 6.01. The molecule has 0 bridgehead atoms. The Balaban J connectivity index is 2.28. The smallest absolute Gasteiger partial charge is 0.134 e. The molecule has 2 heteroatoms. The Morgan fingerprint density at radius 3 is 2.63 bits per heavy atom. The van der Waals surface area contributed by atoms with E-state index in [2.05, 4.69) is 50.4 Å². The molecule has 2 nitrogen and oxygen atoms in total. The molecule has 0 saturated carbocycles. The van der Waals surface area contributed by atoms with Crippen molar-refractivity contribution < 1.29 is 4.42 Å². The van der Waals surface area contributed by atoms with Gasteiger partial charge in [-0.3, -0.25) is 0 Å². The lowest BCUT2D eigenvalue weighted by molar-refractivity contribution is 0.414. The Bertz CT molecular complexity index is 509. The minimum absolute atomic E-state index is 0.344. The van der Waals surface area contributed by atoms with Gasteiger partial charge in [-0.05, 0) is 43.1 Å². The molecule has 0 amide bonds. The fraction of sp³-hybridized carbons (Fsp3) is 0.529. The molecule has 0 aliphatic carbocycles. The molecule has 0 fully saturated rings. The van der Waals surface area contributed by atoms with Gasteiger partial charge in [0.05, 0.1) is 6.04 Å². The first kappa shape index (κ1) is 14.1. The summed E-state index contributed by atoms with van der Waals surface area (Å²) in [6.07, 6.45) is 4.61. The van der Waals surface area contributed by atoms with Crippen molar-refractivity contribution in [2.75, 3.05) is 6.54 Å². The fourth-order valence-corrected chi connectivity index (χ4v) is 2.61. The first-order valence-corrected chi connectivity index (χ1v) is 7.54. The highest BCUT2D eigenvalue weighted by atomic mass is 16.3. The molecule has 1 heterocycles. The number of hydrogen-bond acceptors (Lipinski definition) is 2. The van der Waals surface area contributed by atoms with Gasteiger partial charge in [0.1, 0.15) is 11.3 Å². The molecule has 1 atom stereocenters. The van der Waals surface area contributed by atoms with Crippen LogP contribution in [0, 0.1) is 0 Å². The number of nitrogens with one attached hydrogen (secondary N) is 1. The van der Waals surface area contributed by atoms with E-state index in [-0.39, 0.29) is 0 Å². The van der Waals surface area contributed by atoms with Crippen LogP contribution in [-0.4, -0.2) is 6.54 Å². The molecule has 1 unspecified atom stereocenters. The van der Waals surface area contributed by atoms with Gasteiger partial charge in [0.15, 0.2) is 0 Å². The highest BCUT2D eigenvalue weighted by Crippen LogP contribution is 2.27. The van der Waals surface area contributed by atoms with Crippen molar-refractivity contribution in [3.63, 3.8) is 0 Å². The van der Waals surface area contributed by atoms with Crippen molar-refractivity contribution in [2.45, 2.75) is 52.5 Å². The molecular formula is C17H25NO. The fourth-order valence-electron chi connectivity index (χ4n) is 2.61. The second kappa shape index (κ2) is 6.76. The number of aryl methyl sites for hydroxylation is 1. The molecule has 1 aromatic heterocycles. The van der Waals surface area contributed by atoms with Gasteiger partial charge in [0, 0.05) is 5.39 Å². The Morgan fingerprint density at radius 2 is 1.95 bits per heavy atom. The molecule has 0 saturated heterocycles. The first-order valence-electron chi connectivity index (χ1n) is 7.54. The monoisotopic (exact) mass is 259 g/mol. The SMILES string of the molecule is CCCc1ccc2oc(C(CCC)NCC)cc2c1. The van der Waals surface area contributed by atoms with E-state index in [0.717, 1.165) is 37.2 Å². The Hall–Kier alpha value is -1.28. The van der Waals surface area contributed by atoms with Crippen LogP contribution in [0.4, 0.5) is 0 Å². The Labute approximate surface area is 116 Å². The van der Waals surface area contributed by atoms with Crippen molar-refractivity contribution in [3.8, 4) is 0 Å².